The van der Waals surface area contributed by atoms with Gasteiger partial charge in [0.15, 0.2) is 0 Å². The van der Waals surface area contributed by atoms with Gasteiger partial charge in [0.2, 0.25) is 0 Å². The van der Waals surface area contributed by atoms with Gasteiger partial charge in [-0.15, -0.1) is 11.3 Å². The zero-order chi connectivity index (χ0) is 9.84. The van der Waals surface area contributed by atoms with Gasteiger partial charge >= 0.3 is 5.97 Å². The number of hydrogen-bond acceptors (Lipinski definition) is 4. The van der Waals surface area contributed by atoms with E-state index in [-0.39, 0.29) is 12.6 Å². The van der Waals surface area contributed by atoms with Crippen LogP contribution in [0, 0.1) is 6.92 Å². The second-order valence-electron chi connectivity index (χ2n) is 2.79. The molecule has 1 aromatic rings. The van der Waals surface area contributed by atoms with E-state index in [1.54, 1.807) is 11.3 Å². The summed E-state index contributed by atoms with van der Waals surface area (Å²) in [6, 6.07) is 0.000972. The zero-order valence-electron chi connectivity index (χ0n) is 7.57. The SMILES string of the molecule is Cc1nc(C(C)NCC(=O)O)cs1. The Morgan fingerprint density at radius 1 is 1.85 bits per heavy atom. The van der Waals surface area contributed by atoms with Crippen molar-refractivity contribution in [1.29, 1.82) is 0 Å². The molecular formula is C8H12N2O2S. The monoisotopic (exact) mass is 200 g/mol. The molecule has 4 nitrogen and oxygen atoms in total. The first-order chi connectivity index (χ1) is 6.09. The summed E-state index contributed by atoms with van der Waals surface area (Å²) in [6.07, 6.45) is 0. The smallest absolute Gasteiger partial charge is 0.317 e. The normalized spacial score (nSPS) is 12.8. The second kappa shape index (κ2) is 4.34. The Labute approximate surface area is 80.6 Å². The molecule has 1 heterocycles. The summed E-state index contributed by atoms with van der Waals surface area (Å²) in [6.45, 7) is 3.80. The molecule has 1 atom stereocenters. The van der Waals surface area contributed by atoms with Gasteiger partial charge in [-0.3, -0.25) is 10.1 Å². The van der Waals surface area contributed by atoms with Gasteiger partial charge < -0.3 is 5.11 Å². The molecule has 0 radical (unpaired) electrons. The molecule has 0 amide bonds. The van der Waals surface area contributed by atoms with Crippen molar-refractivity contribution >= 4 is 17.3 Å². The number of aliphatic carboxylic acids is 1. The lowest BCUT2D eigenvalue weighted by molar-refractivity contribution is -0.136. The molecule has 13 heavy (non-hydrogen) atoms. The van der Waals surface area contributed by atoms with E-state index < -0.39 is 5.97 Å². The topological polar surface area (TPSA) is 62.2 Å². The summed E-state index contributed by atoms with van der Waals surface area (Å²) >= 11 is 1.57. The van der Waals surface area contributed by atoms with Gasteiger partial charge in [0, 0.05) is 11.4 Å². The molecule has 0 aliphatic rings. The molecule has 0 fully saturated rings. The van der Waals surface area contributed by atoms with Gasteiger partial charge in [0.25, 0.3) is 0 Å². The summed E-state index contributed by atoms with van der Waals surface area (Å²) in [5.74, 6) is -0.848. The third-order valence-electron chi connectivity index (χ3n) is 1.64. The van der Waals surface area contributed by atoms with Crippen LogP contribution in [0.2, 0.25) is 0 Å². The van der Waals surface area contributed by atoms with Crippen LogP contribution < -0.4 is 5.32 Å². The van der Waals surface area contributed by atoms with Crippen LogP contribution in [0.5, 0.6) is 0 Å². The lowest BCUT2D eigenvalue weighted by Gasteiger charge is -2.08. The summed E-state index contributed by atoms with van der Waals surface area (Å²) in [5.41, 5.74) is 0.906. The predicted molar refractivity (Wildman–Crippen MR) is 50.9 cm³/mol. The Balaban J connectivity index is 2.48. The number of hydrogen-bond donors (Lipinski definition) is 2. The van der Waals surface area contributed by atoms with Crippen LogP contribution in [-0.4, -0.2) is 22.6 Å². The second-order valence-corrected chi connectivity index (χ2v) is 3.85. The van der Waals surface area contributed by atoms with Crippen molar-refractivity contribution in [1.82, 2.24) is 10.3 Å². The van der Waals surface area contributed by atoms with Crippen molar-refractivity contribution in [2.45, 2.75) is 19.9 Å². The quantitative estimate of drug-likeness (QED) is 0.766. The van der Waals surface area contributed by atoms with Gasteiger partial charge in [0.1, 0.15) is 0 Å². The molecule has 0 aliphatic heterocycles. The molecule has 1 unspecified atom stereocenters. The third kappa shape index (κ3) is 3.12. The van der Waals surface area contributed by atoms with Crippen molar-refractivity contribution in [3.63, 3.8) is 0 Å². The van der Waals surface area contributed by atoms with Crippen molar-refractivity contribution in [2.75, 3.05) is 6.54 Å². The van der Waals surface area contributed by atoms with Crippen LogP contribution in [0.25, 0.3) is 0 Å². The molecule has 0 saturated heterocycles. The van der Waals surface area contributed by atoms with Gasteiger partial charge in [-0.1, -0.05) is 0 Å². The molecule has 0 saturated carbocycles. The van der Waals surface area contributed by atoms with Crippen molar-refractivity contribution in [3.05, 3.63) is 16.1 Å². The molecule has 0 bridgehead atoms. The standard InChI is InChI=1S/C8H12N2O2S/c1-5(9-3-8(11)12)7-4-13-6(2)10-7/h4-5,9H,3H2,1-2H3,(H,11,12). The van der Waals surface area contributed by atoms with E-state index in [4.69, 9.17) is 5.11 Å². The minimum atomic E-state index is -0.848. The maximum atomic E-state index is 10.3. The summed E-state index contributed by atoms with van der Waals surface area (Å²) in [4.78, 5) is 14.5. The first-order valence-electron chi connectivity index (χ1n) is 3.97. The Morgan fingerprint density at radius 3 is 3.00 bits per heavy atom. The van der Waals surface area contributed by atoms with Crippen molar-refractivity contribution < 1.29 is 9.90 Å². The molecule has 5 heteroatoms. The van der Waals surface area contributed by atoms with Crippen molar-refractivity contribution in [3.8, 4) is 0 Å². The fraction of sp³-hybridized carbons (Fsp3) is 0.500. The summed E-state index contributed by atoms with van der Waals surface area (Å²) < 4.78 is 0. The minimum absolute atomic E-state index is 0.000972. The molecule has 0 spiro atoms. The number of thiazole rings is 1. The molecule has 0 aliphatic carbocycles. The Kier molecular flexibility index (Phi) is 3.39. The highest BCUT2D eigenvalue weighted by Crippen LogP contribution is 2.14. The average Bonchev–Trinajstić information content (AvgIpc) is 2.47. The predicted octanol–water partition coefficient (Wildman–Crippen LogP) is 1.19. The summed E-state index contributed by atoms with van der Waals surface area (Å²) in [5, 5.41) is 14.2. The van der Waals surface area contributed by atoms with Gasteiger partial charge in [0.05, 0.1) is 17.2 Å². The maximum Gasteiger partial charge on any atom is 0.317 e. The Bertz CT molecular complexity index is 298. The lowest BCUT2D eigenvalue weighted by atomic mass is 10.2. The van der Waals surface area contributed by atoms with Crippen LogP contribution in [0.15, 0.2) is 5.38 Å². The Hall–Kier alpha value is -0.940. The highest BCUT2D eigenvalue weighted by Gasteiger charge is 2.08. The van der Waals surface area contributed by atoms with E-state index in [9.17, 15) is 4.79 Å². The fourth-order valence-electron chi connectivity index (χ4n) is 0.924. The summed E-state index contributed by atoms with van der Waals surface area (Å²) in [7, 11) is 0. The van der Waals surface area contributed by atoms with Crippen LogP contribution in [0.1, 0.15) is 23.7 Å². The van der Waals surface area contributed by atoms with E-state index in [0.29, 0.717) is 0 Å². The van der Waals surface area contributed by atoms with Crippen LogP contribution in [-0.2, 0) is 4.79 Å². The fourth-order valence-corrected chi connectivity index (χ4v) is 1.63. The number of aromatic nitrogens is 1. The molecule has 0 aromatic carbocycles. The van der Waals surface area contributed by atoms with E-state index >= 15 is 0 Å². The van der Waals surface area contributed by atoms with Gasteiger partial charge in [-0.05, 0) is 13.8 Å². The van der Waals surface area contributed by atoms with E-state index in [1.165, 1.54) is 0 Å². The first kappa shape index (κ1) is 10.1. The zero-order valence-corrected chi connectivity index (χ0v) is 8.39. The number of rotatable bonds is 4. The van der Waals surface area contributed by atoms with E-state index in [1.807, 2.05) is 19.2 Å². The Morgan fingerprint density at radius 2 is 2.54 bits per heavy atom. The highest BCUT2D eigenvalue weighted by molar-refractivity contribution is 7.09. The minimum Gasteiger partial charge on any atom is -0.480 e. The third-order valence-corrected chi connectivity index (χ3v) is 2.43. The molecule has 2 N–H and O–H groups in total. The largest absolute Gasteiger partial charge is 0.480 e. The number of carbonyl (C=O) groups is 1. The number of aryl methyl sites for hydroxylation is 1. The first-order valence-corrected chi connectivity index (χ1v) is 4.84. The highest BCUT2D eigenvalue weighted by atomic mass is 32.1. The van der Waals surface area contributed by atoms with E-state index in [2.05, 4.69) is 10.3 Å². The van der Waals surface area contributed by atoms with Crippen LogP contribution in [0.3, 0.4) is 0 Å². The van der Waals surface area contributed by atoms with Gasteiger partial charge in [-0.2, -0.15) is 0 Å². The number of nitrogens with zero attached hydrogens (tertiary/aromatic N) is 1. The molecular weight excluding hydrogens is 188 g/mol. The van der Waals surface area contributed by atoms with E-state index in [0.717, 1.165) is 10.7 Å². The average molecular weight is 200 g/mol. The van der Waals surface area contributed by atoms with Crippen LogP contribution in [0.4, 0.5) is 0 Å². The number of carboxylic acids is 1. The molecule has 72 valence electrons. The lowest BCUT2D eigenvalue weighted by Crippen LogP contribution is -2.25. The number of nitrogens with one attached hydrogen (secondary N) is 1. The van der Waals surface area contributed by atoms with Gasteiger partial charge in [-0.25, -0.2) is 4.98 Å². The number of carboxylic acid groups (broad SMARTS) is 1. The molecule has 1 aromatic heterocycles. The maximum absolute atomic E-state index is 10.3. The van der Waals surface area contributed by atoms with Crippen molar-refractivity contribution in [2.24, 2.45) is 0 Å². The molecule has 1 rings (SSSR count). The van der Waals surface area contributed by atoms with Crippen LogP contribution >= 0.6 is 11.3 Å².